The summed E-state index contributed by atoms with van der Waals surface area (Å²) in [5.41, 5.74) is 1.18. The number of fused-ring (bicyclic) bond motifs is 1. The number of hydrogen-bond donors (Lipinski definition) is 1. The topological polar surface area (TPSA) is 66.3 Å². The smallest absolute Gasteiger partial charge is 0.305 e. The van der Waals surface area contributed by atoms with Crippen LogP contribution in [0.25, 0.3) is 10.2 Å². The van der Waals surface area contributed by atoms with Gasteiger partial charge in [-0.05, 0) is 33.3 Å². The number of anilines is 1. The molecule has 5 nitrogen and oxygen atoms in total. The Morgan fingerprint density at radius 1 is 1.45 bits per heavy atom. The Morgan fingerprint density at radius 3 is 2.75 bits per heavy atom. The number of aryl methyl sites for hydroxylation is 2. The lowest BCUT2D eigenvalue weighted by atomic mass is 10.1. The molecule has 2 aromatic heterocycles. The first-order valence-corrected chi connectivity index (χ1v) is 7.46. The molecule has 0 radical (unpaired) electrons. The highest BCUT2D eigenvalue weighted by Gasteiger charge is 2.21. The zero-order valence-electron chi connectivity index (χ0n) is 12.2. The van der Waals surface area contributed by atoms with Crippen LogP contribution in [0.5, 0.6) is 0 Å². The molecule has 2 aromatic rings. The molecule has 6 heteroatoms. The molecule has 20 heavy (non-hydrogen) atoms. The van der Waals surface area contributed by atoms with Crippen molar-refractivity contribution in [3.8, 4) is 0 Å². The van der Waals surface area contributed by atoms with Crippen molar-refractivity contribution in [3.05, 3.63) is 16.8 Å². The molecule has 0 amide bonds. The molecule has 1 atom stereocenters. The highest BCUT2D eigenvalue weighted by molar-refractivity contribution is 7.18. The number of aromatic nitrogens is 2. The summed E-state index contributed by atoms with van der Waals surface area (Å²) in [5, 5.41) is 10.0. The zero-order chi connectivity index (χ0) is 14.9. The quantitative estimate of drug-likeness (QED) is 0.918. The van der Waals surface area contributed by atoms with Crippen molar-refractivity contribution in [1.82, 2.24) is 9.97 Å². The van der Waals surface area contributed by atoms with Crippen LogP contribution >= 0.6 is 11.3 Å². The molecule has 0 saturated heterocycles. The maximum absolute atomic E-state index is 10.9. The molecule has 108 valence electrons. The number of carboxylic acids is 1. The van der Waals surface area contributed by atoms with Gasteiger partial charge in [-0.25, -0.2) is 9.97 Å². The monoisotopic (exact) mass is 293 g/mol. The van der Waals surface area contributed by atoms with Gasteiger partial charge in [0.15, 0.2) is 0 Å². The van der Waals surface area contributed by atoms with E-state index >= 15 is 0 Å². The fourth-order valence-corrected chi connectivity index (χ4v) is 3.41. The Labute approximate surface area is 122 Å². The van der Waals surface area contributed by atoms with E-state index in [1.807, 2.05) is 18.7 Å². The second-order valence-electron chi connectivity index (χ2n) is 4.89. The molecular formula is C14H19N3O2S. The van der Waals surface area contributed by atoms with E-state index in [-0.39, 0.29) is 12.5 Å². The zero-order valence-corrected chi connectivity index (χ0v) is 13.0. The molecule has 0 spiro atoms. The third-order valence-corrected chi connectivity index (χ3v) is 4.68. The molecule has 0 bridgehead atoms. The van der Waals surface area contributed by atoms with Crippen LogP contribution in [-0.4, -0.2) is 33.6 Å². The maximum atomic E-state index is 10.9. The van der Waals surface area contributed by atoms with Crippen molar-refractivity contribution in [1.29, 1.82) is 0 Å². The van der Waals surface area contributed by atoms with E-state index in [2.05, 4.69) is 23.8 Å². The fraction of sp³-hybridized carbons (Fsp3) is 0.500. The second kappa shape index (κ2) is 5.75. The van der Waals surface area contributed by atoms with Crippen LogP contribution in [0.3, 0.4) is 0 Å². The van der Waals surface area contributed by atoms with E-state index in [0.717, 1.165) is 22.6 Å². The van der Waals surface area contributed by atoms with Crippen molar-refractivity contribution in [3.63, 3.8) is 0 Å². The lowest BCUT2D eigenvalue weighted by Gasteiger charge is -2.28. The van der Waals surface area contributed by atoms with Gasteiger partial charge in [-0.3, -0.25) is 4.79 Å². The Kier molecular flexibility index (Phi) is 4.23. The normalized spacial score (nSPS) is 12.6. The van der Waals surface area contributed by atoms with Crippen LogP contribution in [0.2, 0.25) is 0 Å². The maximum Gasteiger partial charge on any atom is 0.305 e. The van der Waals surface area contributed by atoms with Gasteiger partial charge in [-0.15, -0.1) is 11.3 Å². The van der Waals surface area contributed by atoms with Gasteiger partial charge in [0.05, 0.1) is 11.8 Å². The second-order valence-corrected chi connectivity index (χ2v) is 6.10. The number of aliphatic carboxylic acids is 1. The van der Waals surface area contributed by atoms with Crippen molar-refractivity contribution >= 4 is 33.3 Å². The van der Waals surface area contributed by atoms with E-state index in [4.69, 9.17) is 5.11 Å². The number of carbonyl (C=O) groups is 1. The minimum atomic E-state index is -0.792. The van der Waals surface area contributed by atoms with E-state index < -0.39 is 5.97 Å². The Bertz CT molecular complexity index is 639. The van der Waals surface area contributed by atoms with Crippen molar-refractivity contribution in [2.75, 3.05) is 11.4 Å². The number of carboxylic acid groups (broad SMARTS) is 1. The van der Waals surface area contributed by atoms with Crippen LogP contribution in [0.15, 0.2) is 6.33 Å². The summed E-state index contributed by atoms with van der Waals surface area (Å²) in [4.78, 5) is 23.9. The first kappa shape index (κ1) is 14.7. The van der Waals surface area contributed by atoms with Crippen LogP contribution in [-0.2, 0) is 4.79 Å². The van der Waals surface area contributed by atoms with Crippen LogP contribution in [0, 0.1) is 13.8 Å². The van der Waals surface area contributed by atoms with Gasteiger partial charge in [0.25, 0.3) is 0 Å². The molecule has 2 rings (SSSR count). The molecule has 0 fully saturated rings. The average molecular weight is 293 g/mol. The van der Waals surface area contributed by atoms with Crippen LogP contribution in [0.1, 0.15) is 30.7 Å². The predicted octanol–water partition coefficient (Wildman–Crippen LogP) is 3.00. The lowest BCUT2D eigenvalue weighted by molar-refractivity contribution is -0.137. The standard InChI is InChI=1S/C14H19N3O2S/c1-5-17(8(2)6-11(18)19)13-12-9(3)10(4)20-14(12)16-7-15-13/h7-8H,5-6H2,1-4H3,(H,18,19). The molecule has 0 aliphatic rings. The minimum Gasteiger partial charge on any atom is -0.481 e. The third-order valence-electron chi connectivity index (χ3n) is 3.56. The van der Waals surface area contributed by atoms with E-state index in [1.165, 1.54) is 10.4 Å². The Hall–Kier alpha value is -1.69. The SMILES string of the molecule is CCN(c1ncnc2sc(C)c(C)c12)C(C)CC(=O)O. The molecule has 0 saturated carbocycles. The van der Waals surface area contributed by atoms with Gasteiger partial charge in [-0.1, -0.05) is 0 Å². The highest BCUT2D eigenvalue weighted by Crippen LogP contribution is 2.34. The number of hydrogen-bond acceptors (Lipinski definition) is 5. The highest BCUT2D eigenvalue weighted by atomic mass is 32.1. The van der Waals surface area contributed by atoms with Crippen molar-refractivity contribution in [2.24, 2.45) is 0 Å². The lowest BCUT2D eigenvalue weighted by Crippen LogP contribution is -2.35. The van der Waals surface area contributed by atoms with E-state index in [1.54, 1.807) is 17.7 Å². The summed E-state index contributed by atoms with van der Waals surface area (Å²) in [6.07, 6.45) is 1.66. The van der Waals surface area contributed by atoms with E-state index in [9.17, 15) is 4.79 Å². The Balaban J connectivity index is 2.52. The summed E-state index contributed by atoms with van der Waals surface area (Å²) in [6, 6.07) is -0.102. The van der Waals surface area contributed by atoms with Gasteiger partial charge in [0, 0.05) is 17.5 Å². The summed E-state index contributed by atoms with van der Waals surface area (Å²) in [6.45, 7) is 8.79. The third kappa shape index (κ3) is 2.60. The summed E-state index contributed by atoms with van der Waals surface area (Å²) >= 11 is 1.65. The first-order valence-electron chi connectivity index (χ1n) is 6.64. The molecule has 0 aromatic carbocycles. The van der Waals surface area contributed by atoms with Gasteiger partial charge in [0.1, 0.15) is 17.0 Å². The summed E-state index contributed by atoms with van der Waals surface area (Å²) in [7, 11) is 0. The van der Waals surface area contributed by atoms with Gasteiger partial charge < -0.3 is 10.0 Å². The van der Waals surface area contributed by atoms with Gasteiger partial charge in [0.2, 0.25) is 0 Å². The summed E-state index contributed by atoms with van der Waals surface area (Å²) < 4.78 is 0. The van der Waals surface area contributed by atoms with Gasteiger partial charge in [-0.2, -0.15) is 0 Å². The molecule has 2 heterocycles. The summed E-state index contributed by atoms with van der Waals surface area (Å²) in [5.74, 6) is 0.0487. The van der Waals surface area contributed by atoms with Crippen LogP contribution in [0.4, 0.5) is 5.82 Å². The average Bonchev–Trinajstić information content (AvgIpc) is 2.66. The first-order chi connectivity index (χ1) is 9.45. The largest absolute Gasteiger partial charge is 0.481 e. The van der Waals surface area contributed by atoms with Crippen molar-refractivity contribution in [2.45, 2.75) is 40.2 Å². The predicted molar refractivity (Wildman–Crippen MR) is 81.6 cm³/mol. The number of thiophene rings is 1. The minimum absolute atomic E-state index is 0.0987. The van der Waals surface area contributed by atoms with Crippen molar-refractivity contribution < 1.29 is 9.90 Å². The number of rotatable bonds is 5. The fourth-order valence-electron chi connectivity index (χ4n) is 2.41. The molecule has 0 aliphatic carbocycles. The van der Waals surface area contributed by atoms with Crippen LogP contribution < -0.4 is 4.90 Å². The molecular weight excluding hydrogens is 274 g/mol. The van der Waals surface area contributed by atoms with E-state index in [0.29, 0.717) is 0 Å². The molecule has 1 unspecified atom stereocenters. The Morgan fingerprint density at radius 2 is 2.15 bits per heavy atom. The molecule has 0 aliphatic heterocycles. The molecule has 1 N–H and O–H groups in total. The van der Waals surface area contributed by atoms with Gasteiger partial charge >= 0.3 is 5.97 Å². The number of nitrogens with zero attached hydrogens (tertiary/aromatic N) is 3.